The Morgan fingerprint density at radius 1 is 1.11 bits per heavy atom. The Labute approximate surface area is 111 Å². The van der Waals surface area contributed by atoms with E-state index in [4.69, 9.17) is 5.11 Å². The molecule has 0 aliphatic rings. The lowest BCUT2D eigenvalue weighted by molar-refractivity contribution is 0.248. The van der Waals surface area contributed by atoms with Gasteiger partial charge in [0.05, 0.1) is 0 Å². The van der Waals surface area contributed by atoms with Gasteiger partial charge in [-0.15, -0.1) is 0 Å². The van der Waals surface area contributed by atoms with Gasteiger partial charge in [-0.1, -0.05) is 50.6 Å². The zero-order valence-electron chi connectivity index (χ0n) is 11.7. The summed E-state index contributed by atoms with van der Waals surface area (Å²) in [4.78, 5) is 0. The zero-order valence-corrected chi connectivity index (χ0v) is 11.7. The van der Waals surface area contributed by atoms with Crippen LogP contribution in [0, 0.1) is 5.92 Å². The fourth-order valence-electron chi connectivity index (χ4n) is 2.34. The predicted octanol–water partition coefficient (Wildman–Crippen LogP) is 3.18. The van der Waals surface area contributed by atoms with Gasteiger partial charge in [0.2, 0.25) is 0 Å². The van der Waals surface area contributed by atoms with Gasteiger partial charge < -0.3 is 10.4 Å². The minimum absolute atomic E-state index is 0.306. The van der Waals surface area contributed by atoms with Crippen molar-refractivity contribution in [2.75, 3.05) is 19.7 Å². The number of aliphatic hydroxyl groups is 1. The van der Waals surface area contributed by atoms with Crippen LogP contribution in [0.1, 0.15) is 44.6 Å². The standard InChI is InChI=1S/C16H27NO/c1-3-7-15(10-11-18)13-17-12-14(2)16-8-5-4-6-9-16/h4-6,8-9,14-15,17-18H,3,7,10-13H2,1-2H3. The highest BCUT2D eigenvalue weighted by atomic mass is 16.3. The fourth-order valence-corrected chi connectivity index (χ4v) is 2.34. The van der Waals surface area contributed by atoms with Crippen molar-refractivity contribution >= 4 is 0 Å². The van der Waals surface area contributed by atoms with E-state index >= 15 is 0 Å². The normalized spacial score (nSPS) is 14.4. The number of hydrogen-bond acceptors (Lipinski definition) is 2. The second kappa shape index (κ2) is 9.12. The molecule has 0 aliphatic carbocycles. The molecule has 0 spiro atoms. The number of rotatable bonds is 9. The fraction of sp³-hybridized carbons (Fsp3) is 0.625. The smallest absolute Gasteiger partial charge is 0.0434 e. The Bertz CT molecular complexity index is 293. The van der Waals surface area contributed by atoms with Crippen LogP contribution in [0.2, 0.25) is 0 Å². The van der Waals surface area contributed by atoms with Gasteiger partial charge in [-0.05, 0) is 36.8 Å². The molecule has 0 fully saturated rings. The average Bonchev–Trinajstić information content (AvgIpc) is 2.40. The summed E-state index contributed by atoms with van der Waals surface area (Å²) < 4.78 is 0. The minimum atomic E-state index is 0.306. The van der Waals surface area contributed by atoms with Crippen molar-refractivity contribution in [3.8, 4) is 0 Å². The van der Waals surface area contributed by atoms with Gasteiger partial charge in [0.1, 0.15) is 0 Å². The van der Waals surface area contributed by atoms with Crippen molar-refractivity contribution in [1.82, 2.24) is 5.32 Å². The highest BCUT2D eigenvalue weighted by Crippen LogP contribution is 2.14. The molecule has 2 unspecified atom stereocenters. The maximum atomic E-state index is 9.02. The van der Waals surface area contributed by atoms with Gasteiger partial charge in [0.25, 0.3) is 0 Å². The number of aliphatic hydroxyl groups excluding tert-OH is 1. The predicted molar refractivity (Wildman–Crippen MR) is 77.8 cm³/mol. The molecule has 0 radical (unpaired) electrons. The largest absolute Gasteiger partial charge is 0.396 e. The highest BCUT2D eigenvalue weighted by molar-refractivity contribution is 5.18. The monoisotopic (exact) mass is 249 g/mol. The Hall–Kier alpha value is -0.860. The molecule has 0 aromatic heterocycles. The third kappa shape index (κ3) is 5.65. The van der Waals surface area contributed by atoms with E-state index in [2.05, 4.69) is 49.5 Å². The summed E-state index contributed by atoms with van der Waals surface area (Å²) in [7, 11) is 0. The van der Waals surface area contributed by atoms with Crippen LogP contribution in [0.5, 0.6) is 0 Å². The zero-order chi connectivity index (χ0) is 13.2. The van der Waals surface area contributed by atoms with Gasteiger partial charge in [-0.25, -0.2) is 0 Å². The molecular weight excluding hydrogens is 222 g/mol. The lowest BCUT2D eigenvalue weighted by Crippen LogP contribution is -2.27. The van der Waals surface area contributed by atoms with E-state index in [1.165, 1.54) is 18.4 Å². The molecule has 2 heteroatoms. The molecule has 2 N–H and O–H groups in total. The van der Waals surface area contributed by atoms with Gasteiger partial charge >= 0.3 is 0 Å². The average molecular weight is 249 g/mol. The van der Waals surface area contributed by atoms with Gasteiger partial charge in [-0.3, -0.25) is 0 Å². The molecule has 2 nitrogen and oxygen atoms in total. The van der Waals surface area contributed by atoms with Crippen molar-refractivity contribution in [2.24, 2.45) is 5.92 Å². The summed E-state index contributed by atoms with van der Waals surface area (Å²) in [5.74, 6) is 1.16. The van der Waals surface area contributed by atoms with Crippen molar-refractivity contribution in [3.63, 3.8) is 0 Å². The van der Waals surface area contributed by atoms with Gasteiger partial charge in [0.15, 0.2) is 0 Å². The summed E-state index contributed by atoms with van der Waals surface area (Å²) >= 11 is 0. The van der Waals surface area contributed by atoms with Crippen LogP contribution in [0.25, 0.3) is 0 Å². The lowest BCUT2D eigenvalue weighted by Gasteiger charge is -2.18. The van der Waals surface area contributed by atoms with E-state index in [-0.39, 0.29) is 0 Å². The Balaban J connectivity index is 2.27. The second-order valence-electron chi connectivity index (χ2n) is 5.14. The molecule has 0 bridgehead atoms. The van der Waals surface area contributed by atoms with E-state index in [0.717, 1.165) is 19.5 Å². The van der Waals surface area contributed by atoms with Gasteiger partial charge in [-0.2, -0.15) is 0 Å². The van der Waals surface area contributed by atoms with Gasteiger partial charge in [0, 0.05) is 13.2 Å². The summed E-state index contributed by atoms with van der Waals surface area (Å²) in [6, 6.07) is 10.6. The second-order valence-corrected chi connectivity index (χ2v) is 5.14. The Kier molecular flexibility index (Phi) is 7.70. The molecule has 0 heterocycles. The first-order valence-electron chi connectivity index (χ1n) is 7.14. The van der Waals surface area contributed by atoms with Crippen LogP contribution in [0.4, 0.5) is 0 Å². The molecule has 1 aromatic rings. The van der Waals surface area contributed by atoms with Crippen LogP contribution in [0.3, 0.4) is 0 Å². The SMILES string of the molecule is CCCC(CCO)CNCC(C)c1ccccc1. The van der Waals surface area contributed by atoms with Crippen LogP contribution in [0.15, 0.2) is 30.3 Å². The molecule has 1 aromatic carbocycles. The molecule has 18 heavy (non-hydrogen) atoms. The van der Waals surface area contributed by atoms with Crippen molar-refractivity contribution in [1.29, 1.82) is 0 Å². The molecule has 0 amide bonds. The van der Waals surface area contributed by atoms with Crippen molar-refractivity contribution in [3.05, 3.63) is 35.9 Å². The van der Waals surface area contributed by atoms with E-state index in [0.29, 0.717) is 18.4 Å². The first-order chi connectivity index (χ1) is 8.77. The first-order valence-corrected chi connectivity index (χ1v) is 7.14. The minimum Gasteiger partial charge on any atom is -0.396 e. The lowest BCUT2D eigenvalue weighted by atomic mass is 9.98. The number of benzene rings is 1. The summed E-state index contributed by atoms with van der Waals surface area (Å²) in [5.41, 5.74) is 1.39. The van der Waals surface area contributed by atoms with Crippen LogP contribution >= 0.6 is 0 Å². The van der Waals surface area contributed by atoms with Crippen LogP contribution in [-0.4, -0.2) is 24.8 Å². The number of nitrogens with one attached hydrogen (secondary N) is 1. The molecule has 102 valence electrons. The van der Waals surface area contributed by atoms with E-state index < -0.39 is 0 Å². The maximum absolute atomic E-state index is 9.02. The molecule has 0 saturated carbocycles. The highest BCUT2D eigenvalue weighted by Gasteiger charge is 2.08. The Morgan fingerprint density at radius 2 is 1.83 bits per heavy atom. The third-order valence-electron chi connectivity index (χ3n) is 3.49. The summed E-state index contributed by atoms with van der Waals surface area (Å²) in [5, 5.41) is 12.6. The van der Waals surface area contributed by atoms with E-state index in [9.17, 15) is 0 Å². The quantitative estimate of drug-likeness (QED) is 0.704. The van der Waals surface area contributed by atoms with E-state index in [1.807, 2.05) is 0 Å². The molecule has 1 rings (SSSR count). The number of hydrogen-bond donors (Lipinski definition) is 2. The third-order valence-corrected chi connectivity index (χ3v) is 3.49. The van der Waals surface area contributed by atoms with E-state index in [1.54, 1.807) is 0 Å². The van der Waals surface area contributed by atoms with Crippen molar-refractivity contribution < 1.29 is 5.11 Å². The molecule has 0 aliphatic heterocycles. The van der Waals surface area contributed by atoms with Crippen molar-refractivity contribution in [2.45, 2.75) is 39.0 Å². The maximum Gasteiger partial charge on any atom is 0.0434 e. The first kappa shape index (κ1) is 15.2. The van der Waals surface area contributed by atoms with Crippen LogP contribution in [-0.2, 0) is 0 Å². The molecular formula is C16H27NO. The van der Waals surface area contributed by atoms with Crippen LogP contribution < -0.4 is 5.32 Å². The summed E-state index contributed by atoms with van der Waals surface area (Å²) in [6.07, 6.45) is 3.31. The molecule has 2 atom stereocenters. The summed E-state index contributed by atoms with van der Waals surface area (Å²) in [6.45, 7) is 6.79. The molecule has 0 saturated heterocycles. The topological polar surface area (TPSA) is 32.3 Å². The Morgan fingerprint density at radius 3 is 2.44 bits per heavy atom.